The Hall–Kier alpha value is -2.27. The number of carbonyl (C=O) groups excluding carboxylic acids is 1. The van der Waals surface area contributed by atoms with Crippen LogP contribution in [0.1, 0.15) is 23.7 Å². The van der Waals surface area contributed by atoms with Gasteiger partial charge in [0.1, 0.15) is 6.10 Å². The summed E-state index contributed by atoms with van der Waals surface area (Å²) < 4.78 is 10.9. The topological polar surface area (TPSA) is 60.5 Å². The molecule has 1 aromatic heterocycles. The lowest BCUT2D eigenvalue weighted by Gasteiger charge is -2.24. The van der Waals surface area contributed by atoms with Crippen LogP contribution >= 0.6 is 11.6 Å². The van der Waals surface area contributed by atoms with E-state index in [1.165, 1.54) is 0 Å². The zero-order valence-corrected chi connectivity index (χ0v) is 12.5. The molecule has 1 aliphatic rings. The number of hydrogen-bond acceptors (Lipinski definition) is 4. The molecule has 0 aliphatic carbocycles. The second-order valence-corrected chi connectivity index (χ2v) is 5.35. The second-order valence-electron chi connectivity index (χ2n) is 4.91. The van der Waals surface area contributed by atoms with Gasteiger partial charge in [0.2, 0.25) is 5.88 Å². The Balaban J connectivity index is 1.57. The van der Waals surface area contributed by atoms with Gasteiger partial charge < -0.3 is 14.8 Å². The lowest BCUT2D eigenvalue weighted by molar-refractivity contribution is 0.0676. The molecule has 3 rings (SSSR count). The molecule has 5 nitrogen and oxygen atoms in total. The largest absolute Gasteiger partial charge is 0.477 e. The van der Waals surface area contributed by atoms with Gasteiger partial charge in [0.05, 0.1) is 12.2 Å². The monoisotopic (exact) mass is 318 g/mol. The maximum atomic E-state index is 11.9. The van der Waals surface area contributed by atoms with Gasteiger partial charge in [-0.15, -0.1) is 0 Å². The molecular formula is C16H15ClN2O3. The van der Waals surface area contributed by atoms with Gasteiger partial charge in [0, 0.05) is 24.2 Å². The van der Waals surface area contributed by atoms with Crippen molar-refractivity contribution in [3.05, 3.63) is 58.7 Å². The number of hydrogen-bond donors (Lipinski definition) is 1. The van der Waals surface area contributed by atoms with Crippen molar-refractivity contribution in [2.45, 2.75) is 19.1 Å². The molecular weight excluding hydrogens is 304 g/mol. The molecule has 2 aromatic rings. The highest BCUT2D eigenvalue weighted by molar-refractivity contribution is 6.30. The van der Waals surface area contributed by atoms with Crippen LogP contribution in [0.5, 0.6) is 5.88 Å². The average molecular weight is 319 g/mol. The number of amides is 1. The predicted molar refractivity (Wildman–Crippen MR) is 81.9 cm³/mol. The SMILES string of the molecule is O=C(NCc1ccc(Cl)cc1)OC1CCOc2ncccc21. The molecule has 22 heavy (non-hydrogen) atoms. The van der Waals surface area contributed by atoms with E-state index in [0.29, 0.717) is 30.5 Å². The third-order valence-electron chi connectivity index (χ3n) is 3.37. The molecule has 1 atom stereocenters. The molecule has 1 unspecified atom stereocenters. The van der Waals surface area contributed by atoms with Crippen LogP contribution in [0.2, 0.25) is 5.02 Å². The number of nitrogens with zero attached hydrogens (tertiary/aromatic N) is 1. The van der Waals surface area contributed by atoms with E-state index >= 15 is 0 Å². The third kappa shape index (κ3) is 3.49. The van der Waals surface area contributed by atoms with E-state index in [1.54, 1.807) is 24.4 Å². The summed E-state index contributed by atoms with van der Waals surface area (Å²) in [7, 11) is 0. The van der Waals surface area contributed by atoms with E-state index in [1.807, 2.05) is 18.2 Å². The summed E-state index contributed by atoms with van der Waals surface area (Å²) in [5.41, 5.74) is 1.76. The minimum atomic E-state index is -0.461. The fraction of sp³-hybridized carbons (Fsp3) is 0.250. The molecule has 1 amide bonds. The smallest absolute Gasteiger partial charge is 0.408 e. The Kier molecular flexibility index (Phi) is 4.44. The quantitative estimate of drug-likeness (QED) is 0.941. The molecule has 6 heteroatoms. The first-order valence-electron chi connectivity index (χ1n) is 6.99. The van der Waals surface area contributed by atoms with E-state index in [9.17, 15) is 4.79 Å². The van der Waals surface area contributed by atoms with Crippen LogP contribution in [0.3, 0.4) is 0 Å². The summed E-state index contributed by atoms with van der Waals surface area (Å²) in [5.74, 6) is 0.532. The molecule has 0 spiro atoms. The minimum absolute atomic E-state index is 0.331. The van der Waals surface area contributed by atoms with Gasteiger partial charge >= 0.3 is 6.09 Å². The number of ether oxygens (including phenoxy) is 2. The van der Waals surface area contributed by atoms with Gasteiger partial charge in [-0.25, -0.2) is 9.78 Å². The van der Waals surface area contributed by atoms with Gasteiger partial charge in [-0.1, -0.05) is 23.7 Å². The summed E-state index contributed by atoms with van der Waals surface area (Å²) in [5, 5.41) is 3.40. The van der Waals surface area contributed by atoms with Gasteiger partial charge in [0.15, 0.2) is 0 Å². The van der Waals surface area contributed by atoms with Crippen LogP contribution in [-0.2, 0) is 11.3 Å². The van der Waals surface area contributed by atoms with Gasteiger partial charge in [-0.2, -0.15) is 0 Å². The number of aromatic nitrogens is 1. The first-order valence-corrected chi connectivity index (χ1v) is 7.37. The predicted octanol–water partition coefficient (Wildman–Crippen LogP) is 3.49. The number of pyridine rings is 1. The van der Waals surface area contributed by atoms with Crippen LogP contribution < -0.4 is 10.1 Å². The van der Waals surface area contributed by atoms with Gasteiger partial charge in [-0.3, -0.25) is 0 Å². The van der Waals surface area contributed by atoms with Crippen LogP contribution in [0.25, 0.3) is 0 Å². The molecule has 1 N–H and O–H groups in total. The van der Waals surface area contributed by atoms with Crippen molar-refractivity contribution in [1.82, 2.24) is 10.3 Å². The Labute approximate surface area is 133 Å². The lowest BCUT2D eigenvalue weighted by Crippen LogP contribution is -2.28. The van der Waals surface area contributed by atoms with Crippen molar-refractivity contribution in [2.75, 3.05) is 6.61 Å². The Morgan fingerprint density at radius 1 is 1.36 bits per heavy atom. The van der Waals surface area contributed by atoms with Crippen LogP contribution in [0.4, 0.5) is 4.79 Å². The molecule has 0 bridgehead atoms. The molecule has 2 heterocycles. The summed E-state index contributed by atoms with van der Waals surface area (Å²) in [6.45, 7) is 0.873. The minimum Gasteiger partial charge on any atom is -0.477 e. The van der Waals surface area contributed by atoms with E-state index in [-0.39, 0.29) is 6.10 Å². The molecule has 114 valence electrons. The number of carbonyl (C=O) groups is 1. The van der Waals surface area contributed by atoms with Crippen molar-refractivity contribution in [3.8, 4) is 5.88 Å². The molecule has 0 fully saturated rings. The second kappa shape index (κ2) is 6.66. The van der Waals surface area contributed by atoms with Crippen molar-refractivity contribution in [2.24, 2.45) is 0 Å². The fourth-order valence-electron chi connectivity index (χ4n) is 2.26. The van der Waals surface area contributed by atoms with Crippen molar-refractivity contribution in [1.29, 1.82) is 0 Å². The number of nitrogens with one attached hydrogen (secondary N) is 1. The number of fused-ring (bicyclic) bond motifs is 1. The summed E-state index contributed by atoms with van der Waals surface area (Å²) in [4.78, 5) is 16.1. The van der Waals surface area contributed by atoms with E-state index in [4.69, 9.17) is 21.1 Å². The van der Waals surface area contributed by atoms with Crippen molar-refractivity contribution in [3.63, 3.8) is 0 Å². The van der Waals surface area contributed by atoms with E-state index in [2.05, 4.69) is 10.3 Å². The van der Waals surface area contributed by atoms with E-state index in [0.717, 1.165) is 11.1 Å². The number of alkyl carbamates (subject to hydrolysis) is 1. The summed E-state index contributed by atoms with van der Waals surface area (Å²) in [6, 6.07) is 10.9. The number of rotatable bonds is 3. The highest BCUT2D eigenvalue weighted by Crippen LogP contribution is 2.32. The third-order valence-corrected chi connectivity index (χ3v) is 3.62. The lowest BCUT2D eigenvalue weighted by atomic mass is 10.1. The van der Waals surface area contributed by atoms with Crippen LogP contribution in [0.15, 0.2) is 42.6 Å². The maximum absolute atomic E-state index is 11.9. The Bertz CT molecular complexity index is 661. The fourth-order valence-corrected chi connectivity index (χ4v) is 2.38. The highest BCUT2D eigenvalue weighted by atomic mass is 35.5. The van der Waals surface area contributed by atoms with Crippen LogP contribution in [0, 0.1) is 0 Å². The molecule has 0 saturated heterocycles. The van der Waals surface area contributed by atoms with Crippen molar-refractivity contribution >= 4 is 17.7 Å². The summed E-state index contributed by atoms with van der Waals surface area (Å²) >= 11 is 5.82. The molecule has 0 saturated carbocycles. The van der Waals surface area contributed by atoms with Crippen LogP contribution in [-0.4, -0.2) is 17.7 Å². The maximum Gasteiger partial charge on any atom is 0.408 e. The normalized spacial score (nSPS) is 16.3. The number of halogens is 1. The van der Waals surface area contributed by atoms with Gasteiger partial charge in [-0.05, 0) is 29.8 Å². The zero-order chi connectivity index (χ0) is 15.4. The Morgan fingerprint density at radius 3 is 3.00 bits per heavy atom. The first-order chi connectivity index (χ1) is 10.7. The standard InChI is InChI=1S/C16H15ClN2O3/c17-12-5-3-11(4-6-12)10-19-16(20)22-14-7-9-21-15-13(14)2-1-8-18-15/h1-6,8,14H,7,9-10H2,(H,19,20). The highest BCUT2D eigenvalue weighted by Gasteiger charge is 2.25. The molecule has 0 radical (unpaired) electrons. The number of benzene rings is 1. The zero-order valence-electron chi connectivity index (χ0n) is 11.8. The van der Waals surface area contributed by atoms with E-state index < -0.39 is 6.09 Å². The molecule has 1 aliphatic heterocycles. The summed E-state index contributed by atoms with van der Waals surface area (Å²) in [6.07, 6.45) is 1.48. The van der Waals surface area contributed by atoms with Crippen molar-refractivity contribution < 1.29 is 14.3 Å². The van der Waals surface area contributed by atoms with Gasteiger partial charge in [0.25, 0.3) is 0 Å². The molecule has 1 aromatic carbocycles. The first kappa shape index (κ1) is 14.7. The Morgan fingerprint density at radius 2 is 2.18 bits per heavy atom. The average Bonchev–Trinajstić information content (AvgIpc) is 2.55.